The molecule has 0 bridgehead atoms. The fraction of sp³-hybridized carbons (Fsp3) is 0.0769. The van der Waals surface area contributed by atoms with Gasteiger partial charge < -0.3 is 4.42 Å². The van der Waals surface area contributed by atoms with Gasteiger partial charge in [0, 0.05) is 5.02 Å². The maximum Gasteiger partial charge on any atom is 0.219 e. The van der Waals surface area contributed by atoms with Crippen molar-refractivity contribution in [1.29, 1.82) is 5.26 Å². The largest absolute Gasteiger partial charge is 0.446 e. The summed E-state index contributed by atoms with van der Waals surface area (Å²) in [6.45, 7) is 0. The van der Waals surface area contributed by atoms with Crippen molar-refractivity contribution in [2.45, 2.75) is 5.92 Å². The first-order valence-electron chi connectivity index (χ1n) is 5.07. The number of halogens is 2. The van der Waals surface area contributed by atoms with E-state index >= 15 is 0 Å². The van der Waals surface area contributed by atoms with Crippen LogP contribution >= 0.6 is 27.5 Å². The minimum Gasteiger partial charge on any atom is -0.446 e. The van der Waals surface area contributed by atoms with Crippen LogP contribution < -0.4 is 0 Å². The van der Waals surface area contributed by atoms with Crippen molar-refractivity contribution in [3.63, 3.8) is 0 Å². The minimum absolute atomic E-state index is 0.133. The predicted molar refractivity (Wildman–Crippen MR) is 70.5 cm³/mol. The number of carbonyl (C=O) groups excluding carboxylic acids is 1. The van der Waals surface area contributed by atoms with E-state index < -0.39 is 11.7 Å². The van der Waals surface area contributed by atoms with Gasteiger partial charge in [-0.15, -0.1) is 0 Å². The first kappa shape index (κ1) is 12.9. The fourth-order valence-electron chi connectivity index (χ4n) is 1.57. The summed E-state index contributed by atoms with van der Waals surface area (Å²) >= 11 is 9.11. The molecule has 2 aromatic rings. The highest BCUT2D eigenvalue weighted by Gasteiger charge is 2.26. The number of furan rings is 1. The molecule has 0 radical (unpaired) electrons. The quantitative estimate of drug-likeness (QED) is 0.796. The van der Waals surface area contributed by atoms with E-state index in [9.17, 15) is 4.79 Å². The summed E-state index contributed by atoms with van der Waals surface area (Å²) < 4.78 is 5.61. The number of ketones is 1. The van der Waals surface area contributed by atoms with Crippen LogP contribution in [0.1, 0.15) is 22.0 Å². The van der Waals surface area contributed by atoms with E-state index in [4.69, 9.17) is 21.3 Å². The second-order valence-electron chi connectivity index (χ2n) is 3.55. The highest BCUT2D eigenvalue weighted by atomic mass is 79.9. The molecule has 0 spiro atoms. The number of hydrogen-bond donors (Lipinski definition) is 0. The first-order valence-corrected chi connectivity index (χ1v) is 6.24. The van der Waals surface area contributed by atoms with Crippen molar-refractivity contribution in [1.82, 2.24) is 0 Å². The third kappa shape index (κ3) is 2.47. The maximum absolute atomic E-state index is 12.1. The SMILES string of the molecule is N#CC(C(=O)c1ccc(Br)o1)c1ccccc1Cl. The Morgan fingerprint density at radius 2 is 2.06 bits per heavy atom. The zero-order valence-electron chi connectivity index (χ0n) is 9.06. The van der Waals surface area contributed by atoms with Gasteiger partial charge in [0.25, 0.3) is 0 Å². The molecule has 5 heteroatoms. The van der Waals surface area contributed by atoms with Crippen LogP contribution in [-0.4, -0.2) is 5.78 Å². The number of Topliss-reactive ketones (excluding diaryl/α,β-unsaturated/α-hetero) is 1. The first-order chi connectivity index (χ1) is 8.63. The molecule has 0 aliphatic rings. The number of hydrogen-bond acceptors (Lipinski definition) is 3. The monoisotopic (exact) mass is 323 g/mol. The van der Waals surface area contributed by atoms with E-state index in [2.05, 4.69) is 15.9 Å². The average Bonchev–Trinajstić information content (AvgIpc) is 2.79. The number of benzene rings is 1. The second-order valence-corrected chi connectivity index (χ2v) is 4.74. The molecular weight excluding hydrogens is 318 g/mol. The topological polar surface area (TPSA) is 54.0 Å². The van der Waals surface area contributed by atoms with Gasteiger partial charge in [-0.1, -0.05) is 29.8 Å². The number of nitrogens with zero attached hydrogens (tertiary/aromatic N) is 1. The highest BCUT2D eigenvalue weighted by Crippen LogP contribution is 2.28. The lowest BCUT2D eigenvalue weighted by Gasteiger charge is -2.08. The summed E-state index contributed by atoms with van der Waals surface area (Å²) in [4.78, 5) is 12.1. The smallest absolute Gasteiger partial charge is 0.219 e. The second kappa shape index (κ2) is 5.38. The molecule has 0 aliphatic carbocycles. The third-order valence-corrected chi connectivity index (χ3v) is 3.19. The minimum atomic E-state index is -0.961. The lowest BCUT2D eigenvalue weighted by molar-refractivity contribution is 0.0950. The van der Waals surface area contributed by atoms with Gasteiger partial charge in [0.05, 0.1) is 6.07 Å². The summed E-state index contributed by atoms with van der Waals surface area (Å²) in [6.07, 6.45) is 0. The van der Waals surface area contributed by atoms with Crippen LogP contribution in [0.3, 0.4) is 0 Å². The van der Waals surface area contributed by atoms with Crippen LogP contribution in [0.4, 0.5) is 0 Å². The molecule has 0 fully saturated rings. The van der Waals surface area contributed by atoms with Gasteiger partial charge in [-0.2, -0.15) is 5.26 Å². The molecule has 0 aliphatic heterocycles. The van der Waals surface area contributed by atoms with E-state index in [1.54, 1.807) is 30.3 Å². The summed E-state index contributed by atoms with van der Waals surface area (Å²) in [5.41, 5.74) is 0.485. The van der Waals surface area contributed by atoms with Gasteiger partial charge in [-0.25, -0.2) is 0 Å². The van der Waals surface area contributed by atoms with Gasteiger partial charge >= 0.3 is 0 Å². The van der Waals surface area contributed by atoms with E-state index in [1.807, 2.05) is 6.07 Å². The molecular formula is C13H7BrClNO2. The summed E-state index contributed by atoms with van der Waals surface area (Å²) in [5.74, 6) is -1.23. The Hall–Kier alpha value is -1.57. The van der Waals surface area contributed by atoms with Crippen LogP contribution in [0.25, 0.3) is 0 Å². The average molecular weight is 325 g/mol. The molecule has 18 heavy (non-hydrogen) atoms. The Kier molecular flexibility index (Phi) is 3.85. The van der Waals surface area contributed by atoms with Gasteiger partial charge in [-0.3, -0.25) is 4.79 Å². The summed E-state index contributed by atoms with van der Waals surface area (Å²) in [5, 5.41) is 9.55. The van der Waals surface area contributed by atoms with Gasteiger partial charge in [0.1, 0.15) is 5.92 Å². The Morgan fingerprint density at radius 3 is 2.61 bits per heavy atom. The molecule has 1 aromatic heterocycles. The molecule has 0 saturated heterocycles. The molecule has 1 heterocycles. The Morgan fingerprint density at radius 1 is 1.33 bits per heavy atom. The lowest BCUT2D eigenvalue weighted by atomic mass is 9.95. The number of rotatable bonds is 3. The zero-order valence-corrected chi connectivity index (χ0v) is 11.4. The van der Waals surface area contributed by atoms with E-state index in [0.29, 0.717) is 15.3 Å². The van der Waals surface area contributed by atoms with Gasteiger partial charge in [0.15, 0.2) is 10.4 Å². The molecule has 0 saturated carbocycles. The van der Waals surface area contributed by atoms with Crippen molar-refractivity contribution >= 4 is 33.3 Å². The van der Waals surface area contributed by atoms with Crippen LogP contribution in [0.5, 0.6) is 0 Å². The highest BCUT2D eigenvalue weighted by molar-refractivity contribution is 9.10. The lowest BCUT2D eigenvalue weighted by Crippen LogP contribution is -2.10. The van der Waals surface area contributed by atoms with E-state index in [0.717, 1.165) is 0 Å². The molecule has 90 valence electrons. The summed E-state index contributed by atoms with van der Waals surface area (Å²) in [6, 6.07) is 11.9. The van der Waals surface area contributed by atoms with Crippen molar-refractivity contribution < 1.29 is 9.21 Å². The van der Waals surface area contributed by atoms with Crippen molar-refractivity contribution in [2.75, 3.05) is 0 Å². The summed E-state index contributed by atoms with van der Waals surface area (Å²) in [7, 11) is 0. The molecule has 1 aromatic carbocycles. The van der Waals surface area contributed by atoms with Crippen LogP contribution in [0, 0.1) is 11.3 Å². The normalized spacial score (nSPS) is 11.8. The zero-order chi connectivity index (χ0) is 13.1. The molecule has 1 atom stereocenters. The molecule has 3 nitrogen and oxygen atoms in total. The molecule has 0 amide bonds. The van der Waals surface area contributed by atoms with E-state index in [1.165, 1.54) is 6.07 Å². The number of carbonyl (C=O) groups is 1. The van der Waals surface area contributed by atoms with E-state index in [-0.39, 0.29) is 5.76 Å². The fourth-order valence-corrected chi connectivity index (χ4v) is 2.12. The van der Waals surface area contributed by atoms with Crippen molar-refractivity contribution in [3.8, 4) is 6.07 Å². The van der Waals surface area contributed by atoms with Crippen molar-refractivity contribution in [2.24, 2.45) is 0 Å². The van der Waals surface area contributed by atoms with Crippen LogP contribution in [0.15, 0.2) is 45.5 Å². The standard InChI is InChI=1S/C13H7BrClNO2/c14-12-6-5-11(18-12)13(17)9(7-16)8-3-1-2-4-10(8)15/h1-6,9H. The predicted octanol–water partition coefficient (Wildman–Crippen LogP) is 4.19. The Labute approximate surface area is 117 Å². The number of nitriles is 1. The van der Waals surface area contributed by atoms with Gasteiger partial charge in [0.2, 0.25) is 5.78 Å². The Balaban J connectivity index is 2.39. The van der Waals surface area contributed by atoms with Crippen molar-refractivity contribution in [3.05, 3.63) is 57.4 Å². The molecule has 1 unspecified atom stereocenters. The van der Waals surface area contributed by atoms with Crippen LogP contribution in [0.2, 0.25) is 5.02 Å². The maximum atomic E-state index is 12.1. The van der Waals surface area contributed by atoms with Gasteiger partial charge in [-0.05, 0) is 39.7 Å². The Bertz CT molecular complexity index is 630. The molecule has 2 rings (SSSR count). The van der Waals surface area contributed by atoms with Crippen LogP contribution in [-0.2, 0) is 0 Å². The molecule has 0 N–H and O–H groups in total. The third-order valence-electron chi connectivity index (χ3n) is 2.42.